The summed E-state index contributed by atoms with van der Waals surface area (Å²) in [5.74, 6) is 4.82. The molecule has 1 unspecified atom stereocenters. The first-order chi connectivity index (χ1) is 6.63. The van der Waals surface area contributed by atoms with Crippen LogP contribution in [0.4, 0.5) is 0 Å². The van der Waals surface area contributed by atoms with Crippen LogP contribution in [0.15, 0.2) is 29.2 Å². The van der Waals surface area contributed by atoms with E-state index in [0.29, 0.717) is 5.02 Å². The van der Waals surface area contributed by atoms with Crippen molar-refractivity contribution in [2.24, 2.45) is 5.84 Å². The standard InChI is InChI=1S/C9H11ClN2OS/c1-6(9(13)12-11)14-8-4-2-3-7(10)5-8/h2-6H,11H2,1H3,(H,12,13). The van der Waals surface area contributed by atoms with Crippen molar-refractivity contribution < 1.29 is 4.79 Å². The topological polar surface area (TPSA) is 55.1 Å². The molecule has 0 saturated carbocycles. The molecule has 0 bridgehead atoms. The molecule has 0 saturated heterocycles. The highest BCUT2D eigenvalue weighted by atomic mass is 35.5. The van der Waals surface area contributed by atoms with Crippen molar-refractivity contribution in [1.82, 2.24) is 5.43 Å². The van der Waals surface area contributed by atoms with Crippen LogP contribution >= 0.6 is 23.4 Å². The molecule has 0 radical (unpaired) electrons. The van der Waals surface area contributed by atoms with Gasteiger partial charge in [0.25, 0.3) is 0 Å². The van der Waals surface area contributed by atoms with E-state index >= 15 is 0 Å². The molecule has 1 rings (SSSR count). The van der Waals surface area contributed by atoms with E-state index in [1.165, 1.54) is 11.8 Å². The number of hydrogen-bond acceptors (Lipinski definition) is 3. The summed E-state index contributed by atoms with van der Waals surface area (Å²) in [6.45, 7) is 1.79. The van der Waals surface area contributed by atoms with Gasteiger partial charge in [0.2, 0.25) is 5.91 Å². The number of hydrogen-bond donors (Lipinski definition) is 2. The molecule has 76 valence electrons. The molecule has 0 heterocycles. The van der Waals surface area contributed by atoms with Gasteiger partial charge in [-0.05, 0) is 25.1 Å². The first kappa shape index (κ1) is 11.4. The zero-order valence-corrected chi connectivity index (χ0v) is 9.23. The third-order valence-corrected chi connectivity index (χ3v) is 2.95. The van der Waals surface area contributed by atoms with Gasteiger partial charge in [-0.15, -0.1) is 11.8 Å². The van der Waals surface area contributed by atoms with E-state index < -0.39 is 0 Å². The third-order valence-electron chi connectivity index (χ3n) is 1.62. The van der Waals surface area contributed by atoms with Crippen molar-refractivity contribution >= 4 is 29.3 Å². The lowest BCUT2D eigenvalue weighted by molar-refractivity contribution is -0.120. The summed E-state index contributed by atoms with van der Waals surface area (Å²) in [7, 11) is 0. The Labute approximate surface area is 92.0 Å². The molecule has 1 amide bonds. The minimum atomic E-state index is -0.224. The zero-order chi connectivity index (χ0) is 10.6. The second-order valence-corrected chi connectivity index (χ2v) is 4.58. The highest BCUT2D eigenvalue weighted by molar-refractivity contribution is 8.00. The van der Waals surface area contributed by atoms with Gasteiger partial charge in [-0.25, -0.2) is 5.84 Å². The molecular formula is C9H11ClN2OS. The maximum absolute atomic E-state index is 11.1. The molecule has 3 nitrogen and oxygen atoms in total. The molecule has 1 atom stereocenters. The summed E-state index contributed by atoms with van der Waals surface area (Å²) in [4.78, 5) is 12.1. The van der Waals surface area contributed by atoms with Crippen LogP contribution in [0.25, 0.3) is 0 Å². The minimum Gasteiger partial charge on any atom is -0.293 e. The van der Waals surface area contributed by atoms with Gasteiger partial charge in [0.15, 0.2) is 0 Å². The van der Waals surface area contributed by atoms with Gasteiger partial charge < -0.3 is 0 Å². The Balaban J connectivity index is 2.64. The molecule has 14 heavy (non-hydrogen) atoms. The zero-order valence-electron chi connectivity index (χ0n) is 7.66. The largest absolute Gasteiger partial charge is 0.293 e. The Morgan fingerprint density at radius 2 is 2.36 bits per heavy atom. The second-order valence-electron chi connectivity index (χ2n) is 2.73. The Morgan fingerprint density at radius 3 is 2.93 bits per heavy atom. The number of carbonyl (C=O) groups is 1. The van der Waals surface area contributed by atoms with Gasteiger partial charge in [-0.2, -0.15) is 0 Å². The number of nitrogens with two attached hydrogens (primary N) is 1. The number of halogens is 1. The predicted molar refractivity (Wildman–Crippen MR) is 59.1 cm³/mol. The molecule has 0 spiro atoms. The van der Waals surface area contributed by atoms with Crippen LogP contribution in [0, 0.1) is 0 Å². The van der Waals surface area contributed by atoms with E-state index in [2.05, 4.69) is 5.43 Å². The molecule has 5 heteroatoms. The smallest absolute Gasteiger partial charge is 0.247 e. The lowest BCUT2D eigenvalue weighted by atomic mass is 10.4. The maximum Gasteiger partial charge on any atom is 0.247 e. The van der Waals surface area contributed by atoms with Crippen LogP contribution in [0.2, 0.25) is 5.02 Å². The normalized spacial score (nSPS) is 12.2. The lowest BCUT2D eigenvalue weighted by Gasteiger charge is -2.08. The molecule has 0 aromatic heterocycles. The summed E-state index contributed by atoms with van der Waals surface area (Å²) >= 11 is 7.22. The van der Waals surface area contributed by atoms with Gasteiger partial charge in [0.1, 0.15) is 0 Å². The van der Waals surface area contributed by atoms with Gasteiger partial charge in [0.05, 0.1) is 5.25 Å². The van der Waals surface area contributed by atoms with Crippen LogP contribution in [0.5, 0.6) is 0 Å². The fraction of sp³-hybridized carbons (Fsp3) is 0.222. The number of amides is 1. The van der Waals surface area contributed by atoms with E-state index in [1.807, 2.05) is 18.2 Å². The molecule has 1 aromatic rings. The van der Waals surface area contributed by atoms with Crippen molar-refractivity contribution in [2.75, 3.05) is 0 Å². The number of benzene rings is 1. The van der Waals surface area contributed by atoms with Crippen LogP contribution in [0.1, 0.15) is 6.92 Å². The van der Waals surface area contributed by atoms with E-state index in [4.69, 9.17) is 17.4 Å². The monoisotopic (exact) mass is 230 g/mol. The minimum absolute atomic E-state index is 0.199. The highest BCUT2D eigenvalue weighted by Gasteiger charge is 2.12. The lowest BCUT2D eigenvalue weighted by Crippen LogP contribution is -2.36. The van der Waals surface area contributed by atoms with Gasteiger partial charge >= 0.3 is 0 Å². The van der Waals surface area contributed by atoms with Crippen molar-refractivity contribution in [3.05, 3.63) is 29.3 Å². The van der Waals surface area contributed by atoms with E-state index in [0.717, 1.165) is 4.90 Å². The van der Waals surface area contributed by atoms with Crippen molar-refractivity contribution in [3.63, 3.8) is 0 Å². The number of rotatable bonds is 3. The Kier molecular flexibility index (Phi) is 4.25. The van der Waals surface area contributed by atoms with E-state index in [9.17, 15) is 4.79 Å². The Morgan fingerprint density at radius 1 is 1.64 bits per heavy atom. The molecule has 0 aliphatic carbocycles. The van der Waals surface area contributed by atoms with Gasteiger partial charge in [-0.1, -0.05) is 17.7 Å². The summed E-state index contributed by atoms with van der Waals surface area (Å²) in [6.07, 6.45) is 0. The summed E-state index contributed by atoms with van der Waals surface area (Å²) < 4.78 is 0. The predicted octanol–water partition coefficient (Wildman–Crippen LogP) is 1.81. The molecule has 0 aliphatic heterocycles. The van der Waals surface area contributed by atoms with Crippen molar-refractivity contribution in [3.8, 4) is 0 Å². The second kappa shape index (κ2) is 5.24. The maximum atomic E-state index is 11.1. The van der Waals surface area contributed by atoms with Crippen LogP contribution in [-0.2, 0) is 4.79 Å². The first-order valence-corrected chi connectivity index (χ1v) is 5.32. The molecule has 1 aromatic carbocycles. The van der Waals surface area contributed by atoms with E-state index in [1.54, 1.807) is 13.0 Å². The average molecular weight is 231 g/mol. The molecule has 0 aliphatic rings. The third kappa shape index (κ3) is 3.21. The number of hydrazine groups is 1. The summed E-state index contributed by atoms with van der Waals surface area (Å²) in [5.41, 5.74) is 2.11. The van der Waals surface area contributed by atoms with Crippen LogP contribution in [0.3, 0.4) is 0 Å². The Bertz CT molecular complexity index is 332. The summed E-state index contributed by atoms with van der Waals surface area (Å²) in [5, 5.41) is 0.439. The highest BCUT2D eigenvalue weighted by Crippen LogP contribution is 2.25. The molecular weight excluding hydrogens is 220 g/mol. The van der Waals surface area contributed by atoms with E-state index in [-0.39, 0.29) is 11.2 Å². The molecule has 0 fully saturated rings. The summed E-state index contributed by atoms with van der Waals surface area (Å²) in [6, 6.07) is 7.35. The SMILES string of the molecule is CC(Sc1cccc(Cl)c1)C(=O)NN. The molecule has 3 N–H and O–H groups in total. The van der Waals surface area contributed by atoms with Crippen molar-refractivity contribution in [1.29, 1.82) is 0 Å². The number of nitrogens with one attached hydrogen (secondary N) is 1. The Hall–Kier alpha value is -0.710. The van der Waals surface area contributed by atoms with Gasteiger partial charge in [0, 0.05) is 9.92 Å². The van der Waals surface area contributed by atoms with Gasteiger partial charge in [-0.3, -0.25) is 10.2 Å². The first-order valence-electron chi connectivity index (χ1n) is 4.06. The number of carbonyl (C=O) groups excluding carboxylic acids is 1. The number of thioether (sulfide) groups is 1. The quantitative estimate of drug-likeness (QED) is 0.360. The van der Waals surface area contributed by atoms with Crippen LogP contribution < -0.4 is 11.3 Å². The van der Waals surface area contributed by atoms with Crippen molar-refractivity contribution in [2.45, 2.75) is 17.1 Å². The average Bonchev–Trinajstić information content (AvgIpc) is 2.16. The fourth-order valence-electron chi connectivity index (χ4n) is 0.915. The fourth-order valence-corrected chi connectivity index (χ4v) is 2.11. The van der Waals surface area contributed by atoms with Crippen LogP contribution in [-0.4, -0.2) is 11.2 Å².